The summed E-state index contributed by atoms with van der Waals surface area (Å²) in [7, 11) is -3.14. The van der Waals surface area contributed by atoms with Crippen LogP contribution in [0.25, 0.3) is 11.3 Å². The lowest BCUT2D eigenvalue weighted by Gasteiger charge is -2.06. The highest BCUT2D eigenvalue weighted by atomic mass is 32.2. The summed E-state index contributed by atoms with van der Waals surface area (Å²) >= 11 is 1.20. The number of nitrogens with zero attached hydrogens (tertiary/aromatic N) is 1. The number of carbonyl (C=O) groups excluding carboxylic acids is 1. The van der Waals surface area contributed by atoms with E-state index < -0.39 is 27.4 Å². The number of thiazole rings is 1. The van der Waals surface area contributed by atoms with Gasteiger partial charge in [0.25, 0.3) is 0 Å². The zero-order chi connectivity index (χ0) is 17.5. The minimum absolute atomic E-state index is 0.0160. The number of aromatic nitrogens is 1. The molecule has 0 bridgehead atoms. The van der Waals surface area contributed by atoms with Crippen molar-refractivity contribution in [1.29, 1.82) is 0 Å². The van der Waals surface area contributed by atoms with E-state index in [1.54, 1.807) is 6.92 Å². The Kier molecular flexibility index (Phi) is 4.39. The van der Waals surface area contributed by atoms with Gasteiger partial charge < -0.3 is 5.32 Å². The maximum Gasteiger partial charge on any atom is 0.230 e. The first-order valence-corrected chi connectivity index (χ1v) is 9.83. The fourth-order valence-corrected chi connectivity index (χ4v) is 5.15. The maximum absolute atomic E-state index is 13.4. The van der Waals surface area contributed by atoms with E-state index in [1.807, 2.05) is 0 Å². The Morgan fingerprint density at radius 2 is 2.08 bits per heavy atom. The molecule has 1 unspecified atom stereocenters. The molecule has 2 aromatic rings. The van der Waals surface area contributed by atoms with Crippen LogP contribution in [0, 0.1) is 24.5 Å². The molecular formula is C15H14F2N2O3S2. The third-order valence-corrected chi connectivity index (χ3v) is 6.48. The summed E-state index contributed by atoms with van der Waals surface area (Å²) in [4.78, 5) is 17.1. The first kappa shape index (κ1) is 17.0. The molecule has 0 aliphatic carbocycles. The number of halogens is 2. The molecule has 1 saturated heterocycles. The summed E-state index contributed by atoms with van der Waals surface area (Å²) in [5, 5.41) is 2.92. The minimum Gasteiger partial charge on any atom is -0.302 e. The van der Waals surface area contributed by atoms with E-state index in [1.165, 1.54) is 17.4 Å². The lowest BCUT2D eigenvalue weighted by atomic mass is 10.1. The summed E-state index contributed by atoms with van der Waals surface area (Å²) in [6.07, 6.45) is 0.300. The van der Waals surface area contributed by atoms with Crippen molar-refractivity contribution in [1.82, 2.24) is 4.98 Å². The molecule has 9 heteroatoms. The Morgan fingerprint density at radius 3 is 2.71 bits per heavy atom. The number of carbonyl (C=O) groups is 1. The quantitative estimate of drug-likeness (QED) is 0.899. The monoisotopic (exact) mass is 372 g/mol. The first-order chi connectivity index (χ1) is 11.2. The largest absolute Gasteiger partial charge is 0.302 e. The van der Waals surface area contributed by atoms with E-state index in [-0.39, 0.29) is 17.4 Å². The number of rotatable bonds is 3. The van der Waals surface area contributed by atoms with Gasteiger partial charge in [-0.3, -0.25) is 4.79 Å². The number of hydrogen-bond acceptors (Lipinski definition) is 5. The van der Waals surface area contributed by atoms with E-state index in [9.17, 15) is 22.0 Å². The Labute approximate surface area is 141 Å². The van der Waals surface area contributed by atoms with Crippen molar-refractivity contribution in [2.75, 3.05) is 16.8 Å². The topological polar surface area (TPSA) is 76.1 Å². The molecule has 1 fully saturated rings. The van der Waals surface area contributed by atoms with Gasteiger partial charge in [0.2, 0.25) is 5.91 Å². The Balaban J connectivity index is 1.79. The Bertz CT molecular complexity index is 909. The van der Waals surface area contributed by atoms with E-state index in [4.69, 9.17) is 0 Å². The Hall–Kier alpha value is -1.87. The van der Waals surface area contributed by atoms with Crippen molar-refractivity contribution in [2.24, 2.45) is 5.92 Å². The number of sulfone groups is 1. The van der Waals surface area contributed by atoms with Gasteiger partial charge in [-0.1, -0.05) is 0 Å². The van der Waals surface area contributed by atoms with Gasteiger partial charge in [0, 0.05) is 10.4 Å². The number of amides is 1. The van der Waals surface area contributed by atoms with Crippen molar-refractivity contribution in [3.8, 4) is 11.3 Å². The summed E-state index contributed by atoms with van der Waals surface area (Å²) in [5.41, 5.74) is 0.861. The van der Waals surface area contributed by atoms with Gasteiger partial charge in [-0.2, -0.15) is 0 Å². The zero-order valence-corrected chi connectivity index (χ0v) is 14.3. The van der Waals surface area contributed by atoms with Crippen LogP contribution in [0.2, 0.25) is 0 Å². The molecule has 1 atom stereocenters. The summed E-state index contributed by atoms with van der Waals surface area (Å²) in [6.45, 7) is 1.75. The molecule has 5 nitrogen and oxygen atoms in total. The molecule has 2 heterocycles. The normalized spacial score (nSPS) is 19.4. The van der Waals surface area contributed by atoms with Crippen LogP contribution in [0.3, 0.4) is 0 Å². The molecule has 1 aromatic carbocycles. The second-order valence-corrected chi connectivity index (χ2v) is 9.07. The van der Waals surface area contributed by atoms with Crippen molar-refractivity contribution < 1.29 is 22.0 Å². The van der Waals surface area contributed by atoms with Crippen molar-refractivity contribution >= 4 is 32.2 Å². The minimum atomic E-state index is -3.14. The van der Waals surface area contributed by atoms with Crippen LogP contribution in [0.1, 0.15) is 11.3 Å². The number of aryl methyl sites for hydroxylation is 1. The van der Waals surface area contributed by atoms with E-state index in [0.717, 1.165) is 17.0 Å². The SMILES string of the molecule is Cc1sc(NC(=O)C2CCS(=O)(=O)C2)nc1-c1ccc(F)c(F)c1. The van der Waals surface area contributed by atoms with Gasteiger partial charge in [0.15, 0.2) is 26.6 Å². The molecule has 24 heavy (non-hydrogen) atoms. The van der Waals surface area contributed by atoms with Crippen LogP contribution in [-0.4, -0.2) is 30.8 Å². The molecule has 3 rings (SSSR count). The smallest absolute Gasteiger partial charge is 0.230 e. The predicted octanol–water partition coefficient (Wildman–Crippen LogP) is 2.77. The fourth-order valence-electron chi connectivity index (χ4n) is 2.57. The zero-order valence-electron chi connectivity index (χ0n) is 12.7. The van der Waals surface area contributed by atoms with Gasteiger partial charge >= 0.3 is 0 Å². The van der Waals surface area contributed by atoms with Crippen LogP contribution in [0.5, 0.6) is 0 Å². The Morgan fingerprint density at radius 1 is 1.33 bits per heavy atom. The maximum atomic E-state index is 13.4. The van der Waals surface area contributed by atoms with Crippen LogP contribution in [-0.2, 0) is 14.6 Å². The average Bonchev–Trinajstić information content (AvgIpc) is 3.04. The van der Waals surface area contributed by atoms with Gasteiger partial charge in [0.05, 0.1) is 23.1 Å². The summed E-state index contributed by atoms with van der Waals surface area (Å²) in [5.74, 6) is -3.02. The molecule has 0 saturated carbocycles. The van der Waals surface area contributed by atoms with Gasteiger partial charge in [0.1, 0.15) is 0 Å². The molecule has 1 N–H and O–H groups in total. The lowest BCUT2D eigenvalue weighted by Crippen LogP contribution is -2.23. The van der Waals surface area contributed by atoms with Gasteiger partial charge in [-0.05, 0) is 31.5 Å². The highest BCUT2D eigenvalue weighted by Gasteiger charge is 2.33. The second-order valence-electron chi connectivity index (χ2n) is 5.64. The van der Waals surface area contributed by atoms with Crippen molar-refractivity contribution in [3.63, 3.8) is 0 Å². The predicted molar refractivity (Wildman–Crippen MR) is 87.6 cm³/mol. The third-order valence-electron chi connectivity index (χ3n) is 3.82. The van der Waals surface area contributed by atoms with Crippen LogP contribution in [0.4, 0.5) is 13.9 Å². The standard InChI is InChI=1S/C15H14F2N2O3S2/c1-8-13(9-2-3-11(16)12(17)6-9)18-15(23-8)19-14(20)10-4-5-24(21,22)7-10/h2-3,6,10H,4-5,7H2,1H3,(H,18,19,20). The van der Waals surface area contributed by atoms with Crippen LogP contribution < -0.4 is 5.32 Å². The molecule has 0 spiro atoms. The second kappa shape index (κ2) is 6.21. The molecule has 128 valence electrons. The highest BCUT2D eigenvalue weighted by Crippen LogP contribution is 2.31. The van der Waals surface area contributed by atoms with Crippen LogP contribution in [0.15, 0.2) is 18.2 Å². The third kappa shape index (κ3) is 3.46. The van der Waals surface area contributed by atoms with E-state index in [2.05, 4.69) is 10.3 Å². The van der Waals surface area contributed by atoms with Gasteiger partial charge in [-0.25, -0.2) is 22.2 Å². The fraction of sp³-hybridized carbons (Fsp3) is 0.333. The first-order valence-electron chi connectivity index (χ1n) is 7.19. The summed E-state index contributed by atoms with van der Waals surface area (Å²) < 4.78 is 49.3. The number of nitrogens with one attached hydrogen (secondary N) is 1. The molecule has 1 aliphatic rings. The molecule has 0 radical (unpaired) electrons. The van der Waals surface area contributed by atoms with Gasteiger partial charge in [-0.15, -0.1) is 11.3 Å². The lowest BCUT2D eigenvalue weighted by molar-refractivity contribution is -0.119. The van der Waals surface area contributed by atoms with Crippen molar-refractivity contribution in [3.05, 3.63) is 34.7 Å². The molecule has 1 aliphatic heterocycles. The summed E-state index contributed by atoms with van der Waals surface area (Å²) in [6, 6.07) is 3.48. The highest BCUT2D eigenvalue weighted by molar-refractivity contribution is 7.91. The van der Waals surface area contributed by atoms with E-state index in [0.29, 0.717) is 22.8 Å². The number of benzene rings is 1. The average molecular weight is 372 g/mol. The number of anilines is 1. The molecule has 1 amide bonds. The van der Waals surface area contributed by atoms with Crippen molar-refractivity contribution in [2.45, 2.75) is 13.3 Å². The number of hydrogen-bond donors (Lipinski definition) is 1. The van der Waals surface area contributed by atoms with Crippen LogP contribution >= 0.6 is 11.3 Å². The van der Waals surface area contributed by atoms with E-state index >= 15 is 0 Å². The molecule has 1 aromatic heterocycles. The molecular weight excluding hydrogens is 358 g/mol.